The minimum absolute atomic E-state index is 1.14. The molecule has 0 amide bonds. The molecule has 0 saturated carbocycles. The van der Waals surface area contributed by atoms with Gasteiger partial charge in [-0.3, -0.25) is 0 Å². The third kappa shape index (κ3) is 4.86. The molecule has 0 radical (unpaired) electrons. The number of hydrogen-bond donors (Lipinski definition) is 0. The Labute approximate surface area is 284 Å². The van der Waals surface area contributed by atoms with Crippen molar-refractivity contribution in [3.63, 3.8) is 0 Å². The topological polar surface area (TPSA) is 3.24 Å². The lowest BCUT2D eigenvalue weighted by Gasteiger charge is -2.31. The van der Waals surface area contributed by atoms with E-state index in [1.807, 2.05) is 11.3 Å². The largest absolute Gasteiger partial charge is 0.309 e. The third-order valence-corrected chi connectivity index (χ3v) is 10.5. The van der Waals surface area contributed by atoms with Crippen molar-refractivity contribution in [3.05, 3.63) is 188 Å². The molecular formula is C46H31NS. The Morgan fingerprint density at radius 1 is 0.312 bits per heavy atom. The van der Waals surface area contributed by atoms with Crippen LogP contribution in [0.1, 0.15) is 0 Å². The van der Waals surface area contributed by atoms with E-state index in [0.29, 0.717) is 0 Å². The smallest absolute Gasteiger partial charge is 0.0541 e. The molecule has 48 heavy (non-hydrogen) atoms. The van der Waals surface area contributed by atoms with Crippen LogP contribution in [-0.2, 0) is 0 Å². The molecule has 0 aliphatic rings. The standard InChI is InChI=1S/C46H31NS/c1-2-14-32(15-3-1)33-28-30-35(31-29-33)37-19-6-9-24-42(37)47(43-26-12-17-34-16-4-5-18-36(34)43)44-25-10-7-20-38(44)40-22-13-23-41-39-21-8-11-27-45(39)48-46(40)41/h1-31H. The number of nitrogens with zero attached hydrogens (tertiary/aromatic N) is 1. The summed E-state index contributed by atoms with van der Waals surface area (Å²) >= 11 is 1.88. The molecule has 0 bridgehead atoms. The Balaban J connectivity index is 1.29. The van der Waals surface area contributed by atoms with Gasteiger partial charge in [0, 0.05) is 42.2 Å². The summed E-state index contributed by atoms with van der Waals surface area (Å²) in [4.78, 5) is 2.48. The van der Waals surface area contributed by atoms with Crippen molar-refractivity contribution in [2.75, 3.05) is 4.90 Å². The van der Waals surface area contributed by atoms with Crippen LogP contribution in [0.25, 0.3) is 64.3 Å². The fraction of sp³-hybridized carbons (Fsp3) is 0. The van der Waals surface area contributed by atoms with Crippen LogP contribution in [0.5, 0.6) is 0 Å². The molecule has 1 aromatic heterocycles. The lowest BCUT2D eigenvalue weighted by Crippen LogP contribution is -2.13. The van der Waals surface area contributed by atoms with Crippen LogP contribution in [0, 0.1) is 0 Å². The molecule has 9 aromatic rings. The first-order valence-electron chi connectivity index (χ1n) is 16.4. The number of fused-ring (bicyclic) bond motifs is 4. The van der Waals surface area contributed by atoms with E-state index in [-0.39, 0.29) is 0 Å². The molecule has 9 rings (SSSR count). The van der Waals surface area contributed by atoms with E-state index in [0.717, 1.165) is 17.1 Å². The van der Waals surface area contributed by atoms with Crippen LogP contribution < -0.4 is 4.90 Å². The predicted molar refractivity (Wildman–Crippen MR) is 208 cm³/mol. The number of hydrogen-bond acceptors (Lipinski definition) is 2. The van der Waals surface area contributed by atoms with E-state index in [2.05, 4.69) is 193 Å². The van der Waals surface area contributed by atoms with Gasteiger partial charge in [-0.1, -0.05) is 164 Å². The molecule has 0 spiro atoms. The molecule has 0 unspecified atom stereocenters. The van der Waals surface area contributed by atoms with Gasteiger partial charge in [0.15, 0.2) is 0 Å². The van der Waals surface area contributed by atoms with Gasteiger partial charge in [-0.05, 0) is 46.3 Å². The number of benzene rings is 8. The van der Waals surface area contributed by atoms with Gasteiger partial charge in [0.05, 0.1) is 17.1 Å². The molecule has 1 heterocycles. The van der Waals surface area contributed by atoms with Crippen LogP contribution in [0.4, 0.5) is 17.1 Å². The number of thiophene rings is 1. The molecule has 0 atom stereocenters. The van der Waals surface area contributed by atoms with Gasteiger partial charge >= 0.3 is 0 Å². The Morgan fingerprint density at radius 2 is 0.833 bits per heavy atom. The molecule has 8 aromatic carbocycles. The number of rotatable bonds is 6. The SMILES string of the molecule is c1ccc(-c2ccc(-c3ccccc3N(c3ccccc3-c3cccc4c3sc3ccccc34)c3cccc4ccccc34)cc2)cc1. The molecule has 0 aliphatic carbocycles. The maximum atomic E-state index is 2.48. The summed E-state index contributed by atoms with van der Waals surface area (Å²) in [5.41, 5.74) is 10.7. The molecule has 0 aliphatic heterocycles. The highest BCUT2D eigenvalue weighted by Crippen LogP contribution is 2.49. The van der Waals surface area contributed by atoms with Gasteiger partial charge in [0.2, 0.25) is 0 Å². The fourth-order valence-corrected chi connectivity index (χ4v) is 8.26. The van der Waals surface area contributed by atoms with E-state index in [1.54, 1.807) is 0 Å². The van der Waals surface area contributed by atoms with E-state index in [9.17, 15) is 0 Å². The van der Waals surface area contributed by atoms with Crippen molar-refractivity contribution in [2.45, 2.75) is 0 Å². The Hall–Kier alpha value is -5.96. The highest BCUT2D eigenvalue weighted by atomic mass is 32.1. The van der Waals surface area contributed by atoms with Gasteiger partial charge < -0.3 is 4.90 Å². The molecular weight excluding hydrogens is 599 g/mol. The van der Waals surface area contributed by atoms with Crippen LogP contribution in [0.15, 0.2) is 188 Å². The summed E-state index contributed by atoms with van der Waals surface area (Å²) in [6.07, 6.45) is 0. The minimum atomic E-state index is 1.14. The fourth-order valence-electron chi connectivity index (χ4n) is 7.03. The zero-order valence-electron chi connectivity index (χ0n) is 26.3. The zero-order chi connectivity index (χ0) is 31.9. The monoisotopic (exact) mass is 629 g/mol. The summed E-state index contributed by atoms with van der Waals surface area (Å²) in [6, 6.07) is 68.1. The molecule has 0 saturated heterocycles. The Morgan fingerprint density at radius 3 is 1.67 bits per heavy atom. The van der Waals surface area contributed by atoms with E-state index in [4.69, 9.17) is 0 Å². The lowest BCUT2D eigenvalue weighted by atomic mass is 9.96. The summed E-state index contributed by atoms with van der Waals surface area (Å²) in [5.74, 6) is 0. The van der Waals surface area contributed by atoms with Gasteiger partial charge in [-0.2, -0.15) is 0 Å². The molecule has 2 heteroatoms. The van der Waals surface area contributed by atoms with E-state index >= 15 is 0 Å². The second-order valence-electron chi connectivity index (χ2n) is 12.1. The maximum absolute atomic E-state index is 2.48. The van der Waals surface area contributed by atoms with Crippen molar-refractivity contribution < 1.29 is 0 Å². The second kappa shape index (κ2) is 12.0. The first kappa shape index (κ1) is 28.3. The highest BCUT2D eigenvalue weighted by molar-refractivity contribution is 7.26. The highest BCUT2D eigenvalue weighted by Gasteiger charge is 2.23. The average molecular weight is 630 g/mol. The Bertz CT molecular complexity index is 2560. The van der Waals surface area contributed by atoms with Gasteiger partial charge in [-0.25, -0.2) is 0 Å². The summed E-state index contributed by atoms with van der Waals surface area (Å²) in [6.45, 7) is 0. The van der Waals surface area contributed by atoms with Crippen LogP contribution >= 0.6 is 11.3 Å². The molecule has 226 valence electrons. The van der Waals surface area contributed by atoms with Crippen LogP contribution in [0.2, 0.25) is 0 Å². The first-order chi connectivity index (χ1) is 23.8. The zero-order valence-corrected chi connectivity index (χ0v) is 27.1. The van der Waals surface area contributed by atoms with E-state index < -0.39 is 0 Å². The van der Waals surface area contributed by atoms with Crippen molar-refractivity contribution in [3.8, 4) is 33.4 Å². The van der Waals surface area contributed by atoms with Crippen molar-refractivity contribution in [1.29, 1.82) is 0 Å². The Kier molecular flexibility index (Phi) is 7.07. The van der Waals surface area contributed by atoms with Crippen molar-refractivity contribution in [1.82, 2.24) is 0 Å². The van der Waals surface area contributed by atoms with Crippen molar-refractivity contribution >= 4 is 59.3 Å². The summed E-state index contributed by atoms with van der Waals surface area (Å²) in [7, 11) is 0. The van der Waals surface area contributed by atoms with Gasteiger partial charge in [-0.15, -0.1) is 11.3 Å². The van der Waals surface area contributed by atoms with Crippen LogP contribution in [-0.4, -0.2) is 0 Å². The first-order valence-corrected chi connectivity index (χ1v) is 17.2. The average Bonchev–Trinajstić information content (AvgIpc) is 3.55. The van der Waals surface area contributed by atoms with E-state index in [1.165, 1.54) is 64.3 Å². The van der Waals surface area contributed by atoms with Gasteiger partial charge in [0.1, 0.15) is 0 Å². The number of anilines is 3. The van der Waals surface area contributed by atoms with Crippen LogP contribution in [0.3, 0.4) is 0 Å². The second-order valence-corrected chi connectivity index (χ2v) is 13.1. The van der Waals surface area contributed by atoms with Crippen molar-refractivity contribution in [2.24, 2.45) is 0 Å². The predicted octanol–water partition coefficient (Wildman–Crippen LogP) is 13.7. The summed E-state index contributed by atoms with van der Waals surface area (Å²) in [5, 5.41) is 5.04. The third-order valence-electron chi connectivity index (χ3n) is 9.29. The lowest BCUT2D eigenvalue weighted by molar-refractivity contribution is 1.30. The normalized spacial score (nSPS) is 11.3. The molecule has 1 nitrogen and oxygen atoms in total. The van der Waals surface area contributed by atoms with Gasteiger partial charge in [0.25, 0.3) is 0 Å². The number of para-hydroxylation sites is 2. The minimum Gasteiger partial charge on any atom is -0.309 e. The molecule has 0 N–H and O–H groups in total. The maximum Gasteiger partial charge on any atom is 0.0541 e. The quantitative estimate of drug-likeness (QED) is 0.177. The molecule has 0 fully saturated rings. The summed E-state index contributed by atoms with van der Waals surface area (Å²) < 4.78 is 2.63.